The van der Waals surface area contributed by atoms with Crippen LogP contribution in [0.15, 0.2) is 0 Å². The van der Waals surface area contributed by atoms with Crippen molar-refractivity contribution in [2.45, 2.75) is 37.2 Å². The first-order chi connectivity index (χ1) is 7.23. The van der Waals surface area contributed by atoms with Crippen molar-refractivity contribution in [1.29, 1.82) is 0 Å². The van der Waals surface area contributed by atoms with Gasteiger partial charge in [-0.3, -0.25) is 4.55 Å². The van der Waals surface area contributed by atoms with Gasteiger partial charge in [-0.05, 0) is 6.42 Å². The first-order valence-corrected chi connectivity index (χ1v) is 5.91. The molecule has 0 aliphatic rings. The summed E-state index contributed by atoms with van der Waals surface area (Å²) in [5.74, 6) is -1.34. The maximum absolute atomic E-state index is 10.8. The van der Waals surface area contributed by atoms with Gasteiger partial charge in [-0.1, -0.05) is 6.92 Å². The third kappa shape index (κ3) is 4.41. The highest BCUT2D eigenvalue weighted by Crippen LogP contribution is 2.15. The largest absolute Gasteiger partial charge is 0.390 e. The normalized spacial score (nSPS) is 17.6. The predicted molar refractivity (Wildman–Crippen MR) is 51.0 cm³/mol. The van der Waals surface area contributed by atoms with E-state index in [1.54, 1.807) is 0 Å². The summed E-state index contributed by atoms with van der Waals surface area (Å²) in [7, 11) is -4.75. The smallest absolute Gasteiger partial charge is 0.343 e. The minimum Gasteiger partial charge on any atom is -0.390 e. The van der Waals surface area contributed by atoms with Gasteiger partial charge in [-0.25, -0.2) is 4.79 Å². The Labute approximate surface area is 92.1 Å². The molecule has 0 saturated carbocycles. The molecule has 4 N–H and O–H groups in total. The minimum atomic E-state index is -4.75. The summed E-state index contributed by atoms with van der Waals surface area (Å²) in [6.45, 7) is 1.47. The molecule has 0 aromatic heterocycles. The Hall–Kier alpha value is -0.740. The van der Waals surface area contributed by atoms with Gasteiger partial charge in [0.05, 0.1) is 18.6 Å². The molecule has 0 radical (unpaired) electrons. The van der Waals surface area contributed by atoms with Crippen molar-refractivity contribution >= 4 is 16.1 Å². The lowest BCUT2D eigenvalue weighted by Crippen LogP contribution is -2.43. The summed E-state index contributed by atoms with van der Waals surface area (Å²) >= 11 is 0. The molecule has 0 aromatic carbocycles. The van der Waals surface area contributed by atoms with E-state index in [9.17, 15) is 23.4 Å². The molecule has 3 atom stereocenters. The summed E-state index contributed by atoms with van der Waals surface area (Å²) < 4.78 is 30.4. The van der Waals surface area contributed by atoms with Crippen molar-refractivity contribution in [2.24, 2.45) is 0 Å². The Morgan fingerprint density at radius 1 is 1.38 bits per heavy atom. The van der Waals surface area contributed by atoms with Crippen LogP contribution in [-0.2, 0) is 19.8 Å². The highest BCUT2D eigenvalue weighted by molar-refractivity contribution is 7.86. The third-order valence-electron chi connectivity index (χ3n) is 2.05. The molecule has 9 heteroatoms. The Kier molecular flexibility index (Phi) is 5.83. The first-order valence-electron chi connectivity index (χ1n) is 4.40. The number of hydrogen-bond acceptors (Lipinski definition) is 7. The van der Waals surface area contributed by atoms with Gasteiger partial charge in [-0.2, -0.15) is 13.7 Å². The van der Waals surface area contributed by atoms with E-state index in [0.717, 1.165) is 0 Å². The van der Waals surface area contributed by atoms with E-state index < -0.39 is 40.0 Å². The number of aliphatic hydroxyl groups is 2. The van der Waals surface area contributed by atoms with Crippen molar-refractivity contribution in [3.8, 4) is 0 Å². The van der Waals surface area contributed by atoms with E-state index >= 15 is 0 Å². The first kappa shape index (κ1) is 15.3. The Morgan fingerprint density at radius 2 is 1.88 bits per heavy atom. The molecule has 0 amide bonds. The van der Waals surface area contributed by atoms with Gasteiger partial charge in [0.15, 0.2) is 0 Å². The topological polar surface area (TPSA) is 141 Å². The molecule has 8 nitrogen and oxygen atoms in total. The zero-order valence-corrected chi connectivity index (χ0v) is 9.29. The van der Waals surface area contributed by atoms with Crippen molar-refractivity contribution < 1.29 is 38.1 Å². The lowest BCUT2D eigenvalue weighted by Gasteiger charge is -2.22. The lowest BCUT2D eigenvalue weighted by atomic mass is 10.1. The summed E-state index contributed by atoms with van der Waals surface area (Å²) in [6, 6.07) is 0. The van der Waals surface area contributed by atoms with Gasteiger partial charge in [0.1, 0.15) is 5.25 Å². The molecule has 0 bridgehead atoms. The average Bonchev–Trinajstić information content (AvgIpc) is 2.21. The second kappa shape index (κ2) is 6.11. The van der Waals surface area contributed by atoms with Crippen LogP contribution >= 0.6 is 0 Å². The van der Waals surface area contributed by atoms with E-state index in [4.69, 9.17) is 9.81 Å². The molecular formula is C7H14O8S. The summed E-state index contributed by atoms with van der Waals surface area (Å²) in [5, 5.41) is 24.6. The summed E-state index contributed by atoms with van der Waals surface area (Å²) in [5.41, 5.74) is 0. The monoisotopic (exact) mass is 258 g/mol. The van der Waals surface area contributed by atoms with Crippen LogP contribution in [0.1, 0.15) is 19.8 Å². The van der Waals surface area contributed by atoms with Crippen LogP contribution in [0.4, 0.5) is 0 Å². The average molecular weight is 258 g/mol. The molecular weight excluding hydrogens is 244 g/mol. The molecule has 0 heterocycles. The molecule has 0 saturated heterocycles. The molecule has 0 fully saturated rings. The molecule has 0 rings (SSSR count). The fourth-order valence-electron chi connectivity index (χ4n) is 1.09. The van der Waals surface area contributed by atoms with Gasteiger partial charge in [0, 0.05) is 0 Å². The van der Waals surface area contributed by atoms with Crippen molar-refractivity contribution in [2.75, 3.05) is 0 Å². The lowest BCUT2D eigenvalue weighted by molar-refractivity contribution is -0.234. The SMILES string of the molecule is CCC(O)C(O)C(CC(=O)OO)S(=O)(=O)O. The number of carbonyl (C=O) groups excluding carboxylic acids is 1. The van der Waals surface area contributed by atoms with Gasteiger partial charge in [0.25, 0.3) is 10.1 Å². The number of rotatable bonds is 6. The predicted octanol–water partition coefficient (Wildman–Crippen LogP) is -1.22. The number of carbonyl (C=O) groups is 1. The van der Waals surface area contributed by atoms with E-state index in [0.29, 0.717) is 0 Å². The van der Waals surface area contributed by atoms with Crippen molar-refractivity contribution in [1.82, 2.24) is 0 Å². The van der Waals surface area contributed by atoms with Crippen LogP contribution in [0.3, 0.4) is 0 Å². The molecule has 0 aliphatic heterocycles. The molecule has 0 aromatic rings. The second-order valence-corrected chi connectivity index (χ2v) is 4.82. The van der Waals surface area contributed by atoms with Crippen molar-refractivity contribution in [3.05, 3.63) is 0 Å². The zero-order chi connectivity index (χ0) is 12.9. The summed E-state index contributed by atoms with van der Waals surface area (Å²) in [6.07, 6.45) is -4.20. The highest BCUT2D eigenvalue weighted by atomic mass is 32.2. The second-order valence-electron chi connectivity index (χ2n) is 3.19. The summed E-state index contributed by atoms with van der Waals surface area (Å²) in [4.78, 5) is 13.9. The van der Waals surface area contributed by atoms with E-state index in [1.165, 1.54) is 6.92 Å². The molecule has 0 spiro atoms. The molecule has 16 heavy (non-hydrogen) atoms. The maximum Gasteiger partial charge on any atom is 0.343 e. The third-order valence-corrected chi connectivity index (χ3v) is 3.26. The van der Waals surface area contributed by atoms with Crippen LogP contribution in [0.5, 0.6) is 0 Å². The minimum absolute atomic E-state index is 0.0291. The Morgan fingerprint density at radius 3 is 2.19 bits per heavy atom. The van der Waals surface area contributed by atoms with Crippen molar-refractivity contribution in [3.63, 3.8) is 0 Å². The Bertz CT molecular complexity index is 323. The van der Waals surface area contributed by atoms with Gasteiger partial charge < -0.3 is 15.1 Å². The van der Waals surface area contributed by atoms with Crippen LogP contribution in [0.2, 0.25) is 0 Å². The fourth-order valence-corrected chi connectivity index (χ4v) is 1.97. The fraction of sp³-hybridized carbons (Fsp3) is 0.857. The van der Waals surface area contributed by atoms with Gasteiger partial charge in [0.2, 0.25) is 0 Å². The number of hydrogen-bond donors (Lipinski definition) is 4. The van der Waals surface area contributed by atoms with E-state index in [-0.39, 0.29) is 6.42 Å². The molecule has 0 aliphatic carbocycles. The van der Waals surface area contributed by atoms with Crippen LogP contribution in [0.25, 0.3) is 0 Å². The van der Waals surface area contributed by atoms with E-state index in [1.807, 2.05) is 0 Å². The van der Waals surface area contributed by atoms with Crippen LogP contribution < -0.4 is 0 Å². The Balaban J connectivity index is 4.89. The quantitative estimate of drug-likeness (QED) is 0.264. The van der Waals surface area contributed by atoms with Crippen LogP contribution in [0, 0.1) is 0 Å². The maximum atomic E-state index is 10.8. The molecule has 3 unspecified atom stereocenters. The standard InChI is InChI=1S/C7H14O8S/c1-2-4(8)7(10)5(16(12,13)14)3-6(9)15-11/h4-5,7-8,10-11H,2-3H2,1H3,(H,12,13,14). The number of aliphatic hydroxyl groups excluding tert-OH is 2. The zero-order valence-electron chi connectivity index (χ0n) is 8.48. The highest BCUT2D eigenvalue weighted by Gasteiger charge is 2.37. The van der Waals surface area contributed by atoms with Gasteiger partial charge >= 0.3 is 5.97 Å². The van der Waals surface area contributed by atoms with Crippen LogP contribution in [-0.4, -0.2) is 51.9 Å². The van der Waals surface area contributed by atoms with E-state index in [2.05, 4.69) is 4.89 Å². The molecule has 96 valence electrons. The van der Waals surface area contributed by atoms with Gasteiger partial charge in [-0.15, -0.1) is 0 Å².